The van der Waals surface area contributed by atoms with E-state index in [-0.39, 0.29) is 5.95 Å². The van der Waals surface area contributed by atoms with Crippen molar-refractivity contribution in [2.75, 3.05) is 6.54 Å². The Kier molecular flexibility index (Phi) is 1.20. The molecule has 0 bridgehead atoms. The summed E-state index contributed by atoms with van der Waals surface area (Å²) in [5.74, 6) is 0.419. The number of nitrogens with one attached hydrogen (secondary N) is 1. The van der Waals surface area contributed by atoms with Crippen molar-refractivity contribution in [2.45, 2.75) is 13.1 Å². The van der Waals surface area contributed by atoms with Gasteiger partial charge in [0.25, 0.3) is 0 Å². The molecule has 3 nitrogen and oxygen atoms in total. The zero-order valence-corrected chi connectivity index (χ0v) is 5.47. The van der Waals surface area contributed by atoms with Crippen LogP contribution in [0.2, 0.25) is 0 Å². The molecule has 0 atom stereocenters. The fourth-order valence-corrected chi connectivity index (χ4v) is 1.15. The lowest BCUT2D eigenvalue weighted by Crippen LogP contribution is -2.27. The maximum absolute atomic E-state index is 12.4. The van der Waals surface area contributed by atoms with E-state index in [2.05, 4.69) is 10.3 Å². The van der Waals surface area contributed by atoms with Gasteiger partial charge in [0, 0.05) is 13.1 Å². The summed E-state index contributed by atoms with van der Waals surface area (Å²) in [5, 5.41) is 3.10. The number of halogens is 1. The molecule has 0 saturated heterocycles. The maximum Gasteiger partial charge on any atom is 0.230 e. The molecule has 0 radical (unpaired) electrons. The third-order valence-electron chi connectivity index (χ3n) is 1.64. The minimum atomic E-state index is -0.376. The standard InChI is InChI=1S/C6H8FN3/c7-5-4-10-2-1-8-3-6(10)9-5/h4,8H,1-3H2. The highest BCUT2D eigenvalue weighted by molar-refractivity contribution is 4.96. The molecular weight excluding hydrogens is 133 g/mol. The third kappa shape index (κ3) is 0.806. The van der Waals surface area contributed by atoms with Gasteiger partial charge < -0.3 is 9.88 Å². The Balaban J connectivity index is 2.41. The van der Waals surface area contributed by atoms with Crippen LogP contribution in [0.1, 0.15) is 5.82 Å². The van der Waals surface area contributed by atoms with Gasteiger partial charge in [-0.05, 0) is 0 Å². The second-order valence-corrected chi connectivity index (χ2v) is 2.35. The maximum atomic E-state index is 12.4. The SMILES string of the molecule is Fc1cn2c(n1)CNCC2. The van der Waals surface area contributed by atoms with Gasteiger partial charge in [-0.1, -0.05) is 0 Å². The number of nitrogens with zero attached hydrogens (tertiary/aromatic N) is 2. The van der Waals surface area contributed by atoms with Gasteiger partial charge >= 0.3 is 0 Å². The molecule has 10 heavy (non-hydrogen) atoms. The van der Waals surface area contributed by atoms with E-state index in [0.717, 1.165) is 18.9 Å². The normalized spacial score (nSPS) is 16.9. The van der Waals surface area contributed by atoms with E-state index in [1.54, 1.807) is 0 Å². The molecular formula is C6H8FN3. The van der Waals surface area contributed by atoms with Gasteiger partial charge in [-0.3, -0.25) is 0 Å². The van der Waals surface area contributed by atoms with E-state index >= 15 is 0 Å². The van der Waals surface area contributed by atoms with Crippen LogP contribution in [0.3, 0.4) is 0 Å². The van der Waals surface area contributed by atoms with Crippen LogP contribution in [0.15, 0.2) is 6.20 Å². The molecule has 1 aromatic heterocycles. The summed E-state index contributed by atoms with van der Waals surface area (Å²) in [6, 6.07) is 0. The van der Waals surface area contributed by atoms with Crippen molar-refractivity contribution < 1.29 is 4.39 Å². The number of hydrogen-bond acceptors (Lipinski definition) is 2. The average Bonchev–Trinajstić information content (AvgIpc) is 2.27. The molecule has 54 valence electrons. The van der Waals surface area contributed by atoms with Gasteiger partial charge in [0.15, 0.2) is 0 Å². The molecule has 1 aliphatic rings. The lowest BCUT2D eigenvalue weighted by molar-refractivity contribution is 0.505. The van der Waals surface area contributed by atoms with Crippen LogP contribution in [0.25, 0.3) is 0 Å². The molecule has 0 spiro atoms. The largest absolute Gasteiger partial charge is 0.330 e. The Morgan fingerprint density at radius 3 is 3.40 bits per heavy atom. The molecule has 0 aliphatic carbocycles. The fourth-order valence-electron chi connectivity index (χ4n) is 1.15. The molecule has 1 N–H and O–H groups in total. The number of rotatable bonds is 0. The van der Waals surface area contributed by atoms with Crippen LogP contribution < -0.4 is 5.32 Å². The summed E-state index contributed by atoms with van der Waals surface area (Å²) in [5.41, 5.74) is 0. The van der Waals surface area contributed by atoms with Crippen molar-refractivity contribution in [3.8, 4) is 0 Å². The van der Waals surface area contributed by atoms with Crippen molar-refractivity contribution in [3.05, 3.63) is 18.0 Å². The Labute approximate surface area is 57.9 Å². The zero-order chi connectivity index (χ0) is 6.97. The summed E-state index contributed by atoms with van der Waals surface area (Å²) in [6.45, 7) is 2.42. The molecule has 4 heteroatoms. The van der Waals surface area contributed by atoms with Crippen molar-refractivity contribution >= 4 is 0 Å². The molecule has 0 saturated carbocycles. The number of fused-ring (bicyclic) bond motifs is 1. The van der Waals surface area contributed by atoms with Gasteiger partial charge in [0.1, 0.15) is 5.82 Å². The van der Waals surface area contributed by atoms with E-state index in [0.29, 0.717) is 6.54 Å². The Bertz CT molecular complexity index is 220. The predicted molar refractivity (Wildman–Crippen MR) is 33.9 cm³/mol. The highest BCUT2D eigenvalue weighted by Gasteiger charge is 2.10. The van der Waals surface area contributed by atoms with Crippen LogP contribution in [-0.4, -0.2) is 16.1 Å². The molecule has 0 amide bonds. The summed E-state index contributed by atoms with van der Waals surface area (Å²) in [4.78, 5) is 3.68. The van der Waals surface area contributed by atoms with Crippen molar-refractivity contribution in [2.24, 2.45) is 0 Å². The zero-order valence-electron chi connectivity index (χ0n) is 5.47. The molecule has 2 heterocycles. The second kappa shape index (κ2) is 2.05. The number of imidazole rings is 1. The first-order valence-electron chi connectivity index (χ1n) is 3.28. The minimum absolute atomic E-state index is 0.376. The van der Waals surface area contributed by atoms with Crippen molar-refractivity contribution in [3.63, 3.8) is 0 Å². The van der Waals surface area contributed by atoms with E-state index in [9.17, 15) is 4.39 Å². The van der Waals surface area contributed by atoms with Gasteiger partial charge in [-0.2, -0.15) is 4.39 Å². The lowest BCUT2D eigenvalue weighted by Gasteiger charge is -2.13. The van der Waals surface area contributed by atoms with Gasteiger partial charge in [0.2, 0.25) is 5.95 Å². The monoisotopic (exact) mass is 141 g/mol. The van der Waals surface area contributed by atoms with Crippen molar-refractivity contribution in [1.29, 1.82) is 0 Å². The first kappa shape index (κ1) is 5.85. The van der Waals surface area contributed by atoms with Crippen molar-refractivity contribution in [1.82, 2.24) is 14.9 Å². The Hall–Kier alpha value is -0.900. The van der Waals surface area contributed by atoms with Gasteiger partial charge in [-0.15, -0.1) is 0 Å². The summed E-state index contributed by atoms with van der Waals surface area (Å²) >= 11 is 0. The van der Waals surface area contributed by atoms with E-state index in [1.807, 2.05) is 4.57 Å². The molecule has 2 rings (SSSR count). The van der Waals surface area contributed by atoms with Gasteiger partial charge in [0.05, 0.1) is 12.7 Å². The third-order valence-corrected chi connectivity index (χ3v) is 1.64. The van der Waals surface area contributed by atoms with Crippen LogP contribution >= 0.6 is 0 Å². The molecule has 0 fully saturated rings. The highest BCUT2D eigenvalue weighted by Crippen LogP contribution is 2.04. The van der Waals surface area contributed by atoms with Crippen LogP contribution in [0, 0.1) is 5.95 Å². The summed E-state index contributed by atoms with van der Waals surface area (Å²) in [6.07, 6.45) is 1.44. The first-order chi connectivity index (χ1) is 4.86. The van der Waals surface area contributed by atoms with Crippen LogP contribution in [0.4, 0.5) is 4.39 Å². The second-order valence-electron chi connectivity index (χ2n) is 2.35. The average molecular weight is 141 g/mol. The minimum Gasteiger partial charge on any atom is -0.330 e. The van der Waals surface area contributed by atoms with Crippen LogP contribution in [-0.2, 0) is 13.1 Å². The topological polar surface area (TPSA) is 29.9 Å². The molecule has 0 aromatic carbocycles. The van der Waals surface area contributed by atoms with E-state index in [1.165, 1.54) is 6.20 Å². The lowest BCUT2D eigenvalue weighted by atomic mass is 10.4. The van der Waals surface area contributed by atoms with Gasteiger partial charge in [-0.25, -0.2) is 4.98 Å². The predicted octanol–water partition coefficient (Wildman–Crippen LogP) is 0.125. The smallest absolute Gasteiger partial charge is 0.230 e. The van der Waals surface area contributed by atoms with E-state index < -0.39 is 0 Å². The quantitative estimate of drug-likeness (QED) is 0.556. The number of aromatic nitrogens is 2. The summed E-state index contributed by atoms with van der Waals surface area (Å²) in [7, 11) is 0. The molecule has 1 aliphatic heterocycles. The van der Waals surface area contributed by atoms with Crippen LogP contribution in [0.5, 0.6) is 0 Å². The first-order valence-corrected chi connectivity index (χ1v) is 3.28. The fraction of sp³-hybridized carbons (Fsp3) is 0.500. The Morgan fingerprint density at radius 2 is 2.60 bits per heavy atom. The summed E-state index contributed by atoms with van der Waals surface area (Å²) < 4.78 is 14.3. The Morgan fingerprint density at radius 1 is 1.70 bits per heavy atom. The molecule has 0 unspecified atom stereocenters. The van der Waals surface area contributed by atoms with E-state index in [4.69, 9.17) is 0 Å². The molecule has 1 aromatic rings. The number of hydrogen-bond donors (Lipinski definition) is 1. The highest BCUT2D eigenvalue weighted by atomic mass is 19.1.